The fourth-order valence-electron chi connectivity index (χ4n) is 5.72. The van der Waals surface area contributed by atoms with Gasteiger partial charge in [0.25, 0.3) is 0 Å². The van der Waals surface area contributed by atoms with Gasteiger partial charge in [-0.05, 0) is 56.3 Å². The third-order valence-electron chi connectivity index (χ3n) is 9.42. The Morgan fingerprint density at radius 3 is 1.89 bits per heavy atom. The first-order chi connectivity index (χ1) is 30.3. The lowest BCUT2D eigenvalue weighted by Gasteiger charge is -2.25. The number of benzene rings is 1. The second-order valence-corrected chi connectivity index (χ2v) is 15.4. The van der Waals surface area contributed by atoms with Gasteiger partial charge in [-0.3, -0.25) is 38.4 Å². The van der Waals surface area contributed by atoms with Crippen molar-refractivity contribution >= 4 is 65.9 Å². The number of thiol groups is 1. The molecule has 2 aromatic rings. The van der Waals surface area contributed by atoms with Crippen molar-refractivity contribution in [3.05, 3.63) is 48.0 Å². The van der Waals surface area contributed by atoms with Gasteiger partial charge in [-0.1, -0.05) is 26.0 Å². The van der Waals surface area contributed by atoms with Crippen LogP contribution in [-0.4, -0.2) is 153 Å². The van der Waals surface area contributed by atoms with Gasteiger partial charge in [0, 0.05) is 30.5 Å². The molecule has 0 aliphatic rings. The molecule has 1 heterocycles. The molecule has 354 valence electrons. The van der Waals surface area contributed by atoms with Crippen molar-refractivity contribution in [2.24, 2.45) is 17.4 Å². The fraction of sp³-hybridized carbons (Fsp3) is 0.538. The van der Waals surface area contributed by atoms with Gasteiger partial charge < -0.3 is 74.3 Å². The zero-order valence-corrected chi connectivity index (χ0v) is 36.6. The lowest BCUT2D eigenvalue weighted by Crippen LogP contribution is -2.60. The maximum Gasteiger partial charge on any atom is 0.326 e. The van der Waals surface area contributed by atoms with E-state index in [9.17, 15) is 58.5 Å². The zero-order chi connectivity index (χ0) is 47.9. The monoisotopic (exact) mass is 920 g/mol. The highest BCUT2D eigenvalue weighted by molar-refractivity contribution is 7.80. The maximum atomic E-state index is 13.6. The van der Waals surface area contributed by atoms with Gasteiger partial charge in [-0.15, -0.1) is 0 Å². The number of carboxylic acids is 1. The number of aromatic nitrogens is 2. The molecule has 0 radical (unpaired) electrons. The van der Waals surface area contributed by atoms with Gasteiger partial charge >= 0.3 is 5.97 Å². The maximum absolute atomic E-state index is 13.6. The van der Waals surface area contributed by atoms with Crippen molar-refractivity contribution in [1.82, 2.24) is 52.5 Å². The molecular formula is C39H60N12O12S. The number of nitrogens with two attached hydrogens (primary N) is 2. The number of rotatable bonds is 28. The van der Waals surface area contributed by atoms with E-state index in [4.69, 9.17) is 11.5 Å². The van der Waals surface area contributed by atoms with Crippen LogP contribution in [0.1, 0.15) is 51.3 Å². The average Bonchev–Trinajstić information content (AvgIpc) is 3.77. The van der Waals surface area contributed by atoms with Crippen LogP contribution in [0.5, 0.6) is 5.75 Å². The summed E-state index contributed by atoms with van der Waals surface area (Å²) in [4.78, 5) is 122. The van der Waals surface area contributed by atoms with Crippen LogP contribution in [0.25, 0.3) is 0 Å². The standard InChI is InChI=1S/C39H60N12O12S/c1-20(2)32(39(62)63)51-31(55)16-43-30(54)15-44-35(58)26(6-4-5-11-40)47-37(60)28(17-52)49-33(56)21(3)46-38(61)29(18-64)50-36(59)27(12-22-7-9-24(53)10-8-22)48-34(57)25(41)13-23-14-42-19-45-23/h7-10,14,19-21,25-29,32,52-53,64H,4-6,11-13,15-18,40-41H2,1-3H3,(H,42,45)(H,43,54)(H,44,58)(H,46,61)(H,47,60)(H,48,57)(H,49,56)(H,50,59)(H,51,55)(H,62,63)/t21-,25-,26-,27-,28-,29-,32-/m0/s1. The number of unbranched alkanes of at least 4 members (excludes halogenated alkanes) is 1. The summed E-state index contributed by atoms with van der Waals surface area (Å²) in [7, 11) is 0. The molecule has 24 nitrogen and oxygen atoms in total. The predicted molar refractivity (Wildman–Crippen MR) is 232 cm³/mol. The van der Waals surface area contributed by atoms with Gasteiger partial charge in [0.2, 0.25) is 47.3 Å². The van der Waals surface area contributed by atoms with Crippen molar-refractivity contribution < 1.29 is 58.5 Å². The van der Waals surface area contributed by atoms with E-state index in [2.05, 4.69) is 65.1 Å². The Balaban J connectivity index is 2.03. The van der Waals surface area contributed by atoms with E-state index in [1.807, 2.05) is 0 Å². The number of aliphatic hydroxyl groups excluding tert-OH is 1. The van der Waals surface area contributed by atoms with E-state index in [1.165, 1.54) is 43.7 Å². The molecule has 16 N–H and O–H groups in total. The molecule has 0 saturated heterocycles. The Bertz CT molecular complexity index is 1890. The number of carboxylic acid groups (broad SMARTS) is 1. The number of carbonyl (C=O) groups excluding carboxylic acids is 8. The minimum absolute atomic E-state index is 0.0283. The Labute approximate surface area is 374 Å². The molecule has 2 rings (SSSR count). The molecule has 25 heteroatoms. The number of aromatic amines is 1. The summed E-state index contributed by atoms with van der Waals surface area (Å²) in [6.07, 6.45) is 3.77. The van der Waals surface area contributed by atoms with Crippen molar-refractivity contribution in [2.75, 3.05) is 32.0 Å². The Morgan fingerprint density at radius 1 is 0.719 bits per heavy atom. The molecule has 0 saturated carbocycles. The number of amides is 8. The molecule has 0 spiro atoms. The van der Waals surface area contributed by atoms with E-state index >= 15 is 0 Å². The number of H-pyrrole nitrogens is 1. The van der Waals surface area contributed by atoms with E-state index in [0.29, 0.717) is 24.1 Å². The Hall–Kier alpha value is -6.31. The summed E-state index contributed by atoms with van der Waals surface area (Å²) in [5.41, 5.74) is 12.8. The highest BCUT2D eigenvalue weighted by Gasteiger charge is 2.32. The lowest BCUT2D eigenvalue weighted by atomic mass is 10.0. The van der Waals surface area contributed by atoms with Crippen LogP contribution in [0.15, 0.2) is 36.8 Å². The quantitative estimate of drug-likeness (QED) is 0.0281. The molecule has 1 aromatic heterocycles. The van der Waals surface area contributed by atoms with Crippen molar-refractivity contribution in [2.45, 2.75) is 95.2 Å². The first-order valence-corrected chi connectivity index (χ1v) is 20.9. The number of hydrogen-bond donors (Lipinski definition) is 15. The number of aromatic hydroxyl groups is 1. The number of carbonyl (C=O) groups is 9. The molecule has 7 atom stereocenters. The van der Waals surface area contributed by atoms with Crippen LogP contribution in [-0.2, 0) is 56.0 Å². The third kappa shape index (κ3) is 19.0. The molecule has 0 unspecified atom stereocenters. The number of imidazole rings is 1. The van der Waals surface area contributed by atoms with Gasteiger partial charge in [0.1, 0.15) is 42.0 Å². The van der Waals surface area contributed by atoms with Gasteiger partial charge in [-0.25, -0.2) is 9.78 Å². The second-order valence-electron chi connectivity index (χ2n) is 15.0. The van der Waals surface area contributed by atoms with E-state index in [-0.39, 0.29) is 37.3 Å². The van der Waals surface area contributed by atoms with Gasteiger partial charge in [0.15, 0.2) is 0 Å². The normalized spacial score (nSPS) is 14.2. The SMILES string of the molecule is CC(C)[C@H](NC(=O)CNC(=O)CNC(=O)[C@H](CCCCN)NC(=O)[C@H](CO)NC(=O)[C@H](C)NC(=O)[C@H](CS)NC(=O)[C@H](Cc1ccc(O)cc1)NC(=O)[C@@H](N)Cc1cnc[nH]1)C(=O)O. The molecule has 0 aliphatic heterocycles. The summed E-state index contributed by atoms with van der Waals surface area (Å²) in [5.74, 6) is -8.65. The van der Waals surface area contributed by atoms with Crippen molar-refractivity contribution in [3.8, 4) is 5.75 Å². The second kappa shape index (κ2) is 27.7. The third-order valence-corrected chi connectivity index (χ3v) is 9.79. The number of aliphatic carboxylic acids is 1. The summed E-state index contributed by atoms with van der Waals surface area (Å²) >= 11 is 4.18. The molecule has 64 heavy (non-hydrogen) atoms. The Kier molecular flexibility index (Phi) is 23.3. The van der Waals surface area contributed by atoms with Crippen LogP contribution < -0.4 is 54.0 Å². The molecule has 8 amide bonds. The molecule has 1 aromatic carbocycles. The number of aliphatic hydroxyl groups is 1. The Morgan fingerprint density at radius 2 is 1.31 bits per heavy atom. The molecule has 0 fully saturated rings. The van der Waals surface area contributed by atoms with Crippen LogP contribution >= 0.6 is 12.6 Å². The van der Waals surface area contributed by atoms with Gasteiger partial charge in [-0.2, -0.15) is 12.6 Å². The van der Waals surface area contributed by atoms with E-state index < -0.39 is 121 Å². The number of phenolic OH excluding ortho intramolecular Hbond substituents is 1. The van der Waals surface area contributed by atoms with Crippen molar-refractivity contribution in [3.63, 3.8) is 0 Å². The summed E-state index contributed by atoms with van der Waals surface area (Å²) in [6.45, 7) is 2.57. The van der Waals surface area contributed by atoms with Crippen LogP contribution in [0.2, 0.25) is 0 Å². The van der Waals surface area contributed by atoms with E-state index in [0.717, 1.165) is 0 Å². The number of hydrogen-bond acceptors (Lipinski definition) is 15. The van der Waals surface area contributed by atoms with Crippen LogP contribution in [0, 0.1) is 5.92 Å². The van der Waals surface area contributed by atoms with Crippen LogP contribution in [0.4, 0.5) is 0 Å². The summed E-state index contributed by atoms with van der Waals surface area (Å²) in [5, 5.41) is 48.0. The van der Waals surface area contributed by atoms with Gasteiger partial charge in [0.05, 0.1) is 32.1 Å². The first-order valence-electron chi connectivity index (χ1n) is 20.3. The molecular weight excluding hydrogens is 861 g/mol. The van der Waals surface area contributed by atoms with Crippen molar-refractivity contribution in [1.29, 1.82) is 0 Å². The molecule has 0 aliphatic carbocycles. The number of phenols is 1. The highest BCUT2D eigenvalue weighted by Crippen LogP contribution is 2.12. The smallest absolute Gasteiger partial charge is 0.326 e. The van der Waals surface area contributed by atoms with E-state index in [1.54, 1.807) is 13.8 Å². The topological polar surface area (TPSA) is 391 Å². The fourth-order valence-corrected chi connectivity index (χ4v) is 5.98. The average molecular weight is 921 g/mol. The first kappa shape index (κ1) is 53.8. The predicted octanol–water partition coefficient (Wildman–Crippen LogP) is -4.82. The largest absolute Gasteiger partial charge is 0.508 e. The summed E-state index contributed by atoms with van der Waals surface area (Å²) in [6, 6.07) is -3.25. The summed E-state index contributed by atoms with van der Waals surface area (Å²) < 4.78 is 0. The number of nitrogens with zero attached hydrogens (tertiary/aromatic N) is 1. The van der Waals surface area contributed by atoms with Crippen LogP contribution in [0.3, 0.4) is 0 Å². The highest BCUT2D eigenvalue weighted by atomic mass is 32.1. The minimum Gasteiger partial charge on any atom is -0.508 e. The molecule has 0 bridgehead atoms. The zero-order valence-electron chi connectivity index (χ0n) is 35.7. The lowest BCUT2D eigenvalue weighted by molar-refractivity contribution is -0.143. The number of nitrogens with one attached hydrogen (secondary N) is 9. The minimum atomic E-state index is -1.62.